The largest absolute Gasteiger partial charge is 0.493 e. The van der Waals surface area contributed by atoms with Gasteiger partial charge >= 0.3 is 5.97 Å². The number of hydrogen-bond donors (Lipinski definition) is 0. The van der Waals surface area contributed by atoms with E-state index in [4.69, 9.17) is 14.2 Å². The molecule has 29 heavy (non-hydrogen) atoms. The summed E-state index contributed by atoms with van der Waals surface area (Å²) in [5, 5.41) is 0.277. The first-order valence-corrected chi connectivity index (χ1v) is 11.0. The second-order valence-corrected chi connectivity index (χ2v) is 9.94. The highest BCUT2D eigenvalue weighted by atomic mass is 32.2. The number of nitrogens with zero attached hydrogens (tertiary/aromatic N) is 2. The van der Waals surface area contributed by atoms with E-state index < -0.39 is 26.8 Å². The van der Waals surface area contributed by atoms with Gasteiger partial charge in [0.2, 0.25) is 0 Å². The predicted octanol–water partition coefficient (Wildman–Crippen LogP) is 1.77. The highest BCUT2D eigenvalue weighted by Crippen LogP contribution is 2.30. The van der Waals surface area contributed by atoms with E-state index in [2.05, 4.69) is 4.98 Å². The molecule has 1 aromatic carbocycles. The van der Waals surface area contributed by atoms with Crippen LogP contribution in [-0.2, 0) is 26.1 Å². The number of carbonyl (C=O) groups is 1. The number of esters is 1. The third-order valence-electron chi connectivity index (χ3n) is 3.97. The Morgan fingerprint density at radius 3 is 2.48 bits per heavy atom. The standard InChI is InChI=1S/C19H26N2O7S/c1-19(2,3)18(23)28-12-21-11-20-14-10-16(27-7-6-8-29(5,24)25)15(26-4)9-13(14)17(21)22/h9-11H,6-8,12H2,1-5H3. The van der Waals surface area contributed by atoms with Gasteiger partial charge in [-0.25, -0.2) is 13.4 Å². The predicted molar refractivity (Wildman–Crippen MR) is 108 cm³/mol. The van der Waals surface area contributed by atoms with Crippen molar-refractivity contribution in [1.82, 2.24) is 9.55 Å². The smallest absolute Gasteiger partial charge is 0.312 e. The van der Waals surface area contributed by atoms with Crippen LogP contribution in [0, 0.1) is 5.41 Å². The summed E-state index contributed by atoms with van der Waals surface area (Å²) in [6.45, 7) is 5.09. The van der Waals surface area contributed by atoms with E-state index in [1.165, 1.54) is 24.1 Å². The third kappa shape index (κ3) is 6.18. The number of carbonyl (C=O) groups excluding carboxylic acids is 1. The lowest BCUT2D eigenvalue weighted by Gasteiger charge is -2.17. The fraction of sp³-hybridized carbons (Fsp3) is 0.526. The summed E-state index contributed by atoms with van der Waals surface area (Å²) in [6, 6.07) is 3.06. The van der Waals surface area contributed by atoms with Crippen molar-refractivity contribution < 1.29 is 27.4 Å². The number of sulfone groups is 1. The van der Waals surface area contributed by atoms with Crippen LogP contribution in [0.15, 0.2) is 23.3 Å². The number of benzene rings is 1. The molecule has 0 N–H and O–H groups in total. The zero-order valence-corrected chi connectivity index (χ0v) is 18.0. The maximum Gasteiger partial charge on any atom is 0.312 e. The molecule has 0 saturated heterocycles. The van der Waals surface area contributed by atoms with E-state index in [-0.39, 0.29) is 24.5 Å². The Labute approximate surface area is 169 Å². The quantitative estimate of drug-likeness (QED) is 0.463. The number of rotatable bonds is 8. The molecule has 1 aromatic heterocycles. The van der Waals surface area contributed by atoms with Crippen LogP contribution >= 0.6 is 0 Å². The molecule has 10 heteroatoms. The van der Waals surface area contributed by atoms with Crippen molar-refractivity contribution >= 4 is 26.7 Å². The minimum atomic E-state index is -3.06. The molecule has 0 aliphatic heterocycles. The van der Waals surface area contributed by atoms with Gasteiger partial charge in [-0.2, -0.15) is 0 Å². The lowest BCUT2D eigenvalue weighted by molar-refractivity contribution is -0.157. The first kappa shape index (κ1) is 22.7. The van der Waals surface area contributed by atoms with Gasteiger partial charge in [0.25, 0.3) is 5.56 Å². The highest BCUT2D eigenvalue weighted by Gasteiger charge is 2.23. The fourth-order valence-corrected chi connectivity index (χ4v) is 3.02. The van der Waals surface area contributed by atoms with Crippen LogP contribution in [0.2, 0.25) is 0 Å². The van der Waals surface area contributed by atoms with E-state index in [9.17, 15) is 18.0 Å². The monoisotopic (exact) mass is 426 g/mol. The zero-order valence-electron chi connectivity index (χ0n) is 17.2. The Hall–Kier alpha value is -2.62. The van der Waals surface area contributed by atoms with Crippen molar-refractivity contribution in [3.8, 4) is 11.5 Å². The van der Waals surface area contributed by atoms with Crippen LogP contribution in [0.1, 0.15) is 27.2 Å². The van der Waals surface area contributed by atoms with Crippen molar-refractivity contribution in [3.05, 3.63) is 28.8 Å². The third-order valence-corrected chi connectivity index (χ3v) is 5.00. The Bertz CT molecular complexity index is 1050. The maximum atomic E-state index is 12.7. The molecule has 0 spiro atoms. The Balaban J connectivity index is 2.23. The normalized spacial score (nSPS) is 12.0. The number of hydrogen-bond acceptors (Lipinski definition) is 8. The van der Waals surface area contributed by atoms with Crippen molar-refractivity contribution in [2.24, 2.45) is 5.41 Å². The number of ether oxygens (including phenoxy) is 3. The van der Waals surface area contributed by atoms with Gasteiger partial charge in [0.1, 0.15) is 16.2 Å². The van der Waals surface area contributed by atoms with Crippen molar-refractivity contribution in [2.75, 3.05) is 25.7 Å². The van der Waals surface area contributed by atoms with Crippen molar-refractivity contribution in [2.45, 2.75) is 33.9 Å². The van der Waals surface area contributed by atoms with E-state index in [1.807, 2.05) is 0 Å². The maximum absolute atomic E-state index is 12.7. The summed E-state index contributed by atoms with van der Waals surface area (Å²) in [5.74, 6) is 0.261. The molecule has 0 radical (unpaired) electrons. The Morgan fingerprint density at radius 1 is 1.21 bits per heavy atom. The summed E-state index contributed by atoms with van der Waals surface area (Å²) in [7, 11) is -1.63. The molecule has 2 rings (SSSR count). The van der Waals surface area contributed by atoms with Crippen LogP contribution in [-0.4, -0.2) is 49.7 Å². The average molecular weight is 426 g/mol. The van der Waals surface area contributed by atoms with Crippen LogP contribution in [0.25, 0.3) is 10.9 Å². The van der Waals surface area contributed by atoms with E-state index in [0.717, 1.165) is 6.26 Å². The van der Waals surface area contributed by atoms with Gasteiger partial charge in [-0.1, -0.05) is 0 Å². The fourth-order valence-electron chi connectivity index (χ4n) is 2.38. The van der Waals surface area contributed by atoms with Gasteiger partial charge in [0.05, 0.1) is 35.8 Å². The van der Waals surface area contributed by atoms with Gasteiger partial charge in [0.15, 0.2) is 18.2 Å². The molecule has 2 aromatic rings. The second-order valence-electron chi connectivity index (χ2n) is 7.68. The molecule has 0 saturated carbocycles. The summed E-state index contributed by atoms with van der Waals surface area (Å²) in [6.07, 6.45) is 2.78. The summed E-state index contributed by atoms with van der Waals surface area (Å²) in [5.41, 5.74) is -0.688. The summed E-state index contributed by atoms with van der Waals surface area (Å²) in [4.78, 5) is 28.8. The molecule has 1 heterocycles. The summed E-state index contributed by atoms with van der Waals surface area (Å²) >= 11 is 0. The average Bonchev–Trinajstić information content (AvgIpc) is 2.62. The molecule has 0 bridgehead atoms. The minimum absolute atomic E-state index is 0.0130. The van der Waals surface area contributed by atoms with E-state index in [1.54, 1.807) is 26.8 Å². The first-order chi connectivity index (χ1) is 13.4. The molecule has 0 aliphatic rings. The van der Waals surface area contributed by atoms with Gasteiger partial charge in [0, 0.05) is 12.3 Å². The molecule has 160 valence electrons. The first-order valence-electron chi connectivity index (χ1n) is 8.97. The minimum Gasteiger partial charge on any atom is -0.493 e. The SMILES string of the molecule is COc1cc2c(=O)n(COC(=O)C(C)(C)C)cnc2cc1OCCCS(C)(=O)=O. The Morgan fingerprint density at radius 2 is 1.90 bits per heavy atom. The molecule has 0 atom stereocenters. The lowest BCUT2D eigenvalue weighted by atomic mass is 9.98. The Kier molecular flexibility index (Phi) is 6.89. The van der Waals surface area contributed by atoms with Crippen molar-refractivity contribution in [3.63, 3.8) is 0 Å². The van der Waals surface area contributed by atoms with Crippen LogP contribution in [0.3, 0.4) is 0 Å². The lowest BCUT2D eigenvalue weighted by Crippen LogP contribution is -2.28. The van der Waals surface area contributed by atoms with Crippen LogP contribution in [0.4, 0.5) is 0 Å². The van der Waals surface area contributed by atoms with Crippen molar-refractivity contribution in [1.29, 1.82) is 0 Å². The van der Waals surface area contributed by atoms with Gasteiger partial charge in [-0.05, 0) is 33.3 Å². The number of aromatic nitrogens is 2. The molecule has 0 aliphatic carbocycles. The summed E-state index contributed by atoms with van der Waals surface area (Å²) < 4.78 is 39.7. The molecular formula is C19H26N2O7S. The van der Waals surface area contributed by atoms with Gasteiger partial charge in [-0.15, -0.1) is 0 Å². The van der Waals surface area contributed by atoms with Gasteiger partial charge in [-0.3, -0.25) is 14.2 Å². The molecule has 0 amide bonds. The second kappa shape index (κ2) is 8.81. The van der Waals surface area contributed by atoms with Gasteiger partial charge < -0.3 is 14.2 Å². The zero-order chi connectivity index (χ0) is 21.8. The number of methoxy groups -OCH3 is 1. The number of fused-ring (bicyclic) bond motifs is 1. The molecular weight excluding hydrogens is 400 g/mol. The molecule has 0 unspecified atom stereocenters. The van der Waals surface area contributed by atoms with E-state index >= 15 is 0 Å². The van der Waals surface area contributed by atoms with Crippen LogP contribution in [0.5, 0.6) is 11.5 Å². The molecule has 9 nitrogen and oxygen atoms in total. The highest BCUT2D eigenvalue weighted by molar-refractivity contribution is 7.90. The van der Waals surface area contributed by atoms with Crippen LogP contribution < -0.4 is 15.0 Å². The topological polar surface area (TPSA) is 114 Å². The van der Waals surface area contributed by atoms with E-state index in [0.29, 0.717) is 23.4 Å². The molecule has 0 fully saturated rings.